The number of benzene rings is 2. The van der Waals surface area contributed by atoms with E-state index in [0.29, 0.717) is 29.6 Å². The molecular formula is C22H21N3O3. The molecule has 2 heterocycles. The smallest absolute Gasteiger partial charge is 0.306 e. The first kappa shape index (κ1) is 18.0. The summed E-state index contributed by atoms with van der Waals surface area (Å²) in [6.45, 7) is 1.86. The Balaban J connectivity index is 1.34. The number of nitrogens with zero attached hydrogens (tertiary/aromatic N) is 1. The minimum atomic E-state index is -0.299. The number of para-hydroxylation sites is 2. The van der Waals surface area contributed by atoms with E-state index in [2.05, 4.69) is 21.0 Å². The predicted molar refractivity (Wildman–Crippen MR) is 108 cm³/mol. The third-order valence-corrected chi connectivity index (χ3v) is 4.86. The predicted octanol–water partition coefficient (Wildman–Crippen LogP) is 3.78. The fourth-order valence-corrected chi connectivity index (χ4v) is 3.40. The molecule has 142 valence electrons. The molecule has 0 saturated carbocycles. The van der Waals surface area contributed by atoms with E-state index >= 15 is 0 Å². The number of hydrogen-bond donors (Lipinski definition) is 2. The molecule has 0 bridgehead atoms. The van der Waals surface area contributed by atoms with E-state index in [4.69, 9.17) is 4.74 Å². The summed E-state index contributed by atoms with van der Waals surface area (Å²) >= 11 is 0. The van der Waals surface area contributed by atoms with Crippen molar-refractivity contribution >= 4 is 27.8 Å². The quantitative estimate of drug-likeness (QED) is 0.502. The minimum absolute atomic E-state index is 0.0363. The second-order valence-electron chi connectivity index (χ2n) is 6.86. The van der Waals surface area contributed by atoms with Crippen LogP contribution in [0.1, 0.15) is 29.8 Å². The van der Waals surface area contributed by atoms with Crippen LogP contribution in [0.2, 0.25) is 0 Å². The Morgan fingerprint density at radius 1 is 1.11 bits per heavy atom. The lowest BCUT2D eigenvalue weighted by Crippen LogP contribution is -2.15. The standard InChI is InChI=1S/C22H21N3O3/c1-14-6-4-9-17-21(14)24-19(25-22(17)27)13-28-20(26)11-5-7-15-12-23-18-10-3-2-8-16(15)18/h2-4,6,8-10,12,23H,5,7,11,13H2,1H3,(H,24,25,27). The lowest BCUT2D eigenvalue weighted by Gasteiger charge is -2.06. The van der Waals surface area contributed by atoms with Crippen LogP contribution in [0.3, 0.4) is 0 Å². The Hall–Kier alpha value is -3.41. The maximum atomic E-state index is 12.2. The van der Waals surface area contributed by atoms with E-state index in [1.54, 1.807) is 6.07 Å². The molecule has 2 aromatic carbocycles. The van der Waals surface area contributed by atoms with Crippen LogP contribution in [0.5, 0.6) is 0 Å². The zero-order valence-corrected chi connectivity index (χ0v) is 15.6. The second kappa shape index (κ2) is 7.68. The van der Waals surface area contributed by atoms with Gasteiger partial charge in [0, 0.05) is 23.5 Å². The van der Waals surface area contributed by atoms with Gasteiger partial charge in [0.05, 0.1) is 10.9 Å². The normalized spacial score (nSPS) is 11.2. The summed E-state index contributed by atoms with van der Waals surface area (Å²) in [5.74, 6) is 0.0594. The molecular weight excluding hydrogens is 354 g/mol. The van der Waals surface area contributed by atoms with Gasteiger partial charge < -0.3 is 14.7 Å². The van der Waals surface area contributed by atoms with E-state index in [9.17, 15) is 9.59 Å². The fourth-order valence-electron chi connectivity index (χ4n) is 3.40. The summed E-state index contributed by atoms with van der Waals surface area (Å²) in [4.78, 5) is 34.6. The molecule has 2 aromatic heterocycles. The number of carbonyl (C=O) groups excluding carboxylic acids is 1. The largest absolute Gasteiger partial charge is 0.458 e. The van der Waals surface area contributed by atoms with Crippen molar-refractivity contribution in [3.63, 3.8) is 0 Å². The first-order valence-corrected chi connectivity index (χ1v) is 9.31. The molecule has 4 aromatic rings. The molecule has 4 rings (SSSR count). The van der Waals surface area contributed by atoms with E-state index < -0.39 is 0 Å². The Labute approximate surface area is 161 Å². The Morgan fingerprint density at radius 3 is 2.82 bits per heavy atom. The van der Waals surface area contributed by atoms with Gasteiger partial charge in [0.15, 0.2) is 0 Å². The lowest BCUT2D eigenvalue weighted by atomic mass is 10.1. The molecule has 0 fully saturated rings. The van der Waals surface area contributed by atoms with Gasteiger partial charge in [-0.25, -0.2) is 4.98 Å². The highest BCUT2D eigenvalue weighted by Crippen LogP contribution is 2.19. The number of esters is 1. The number of hydrogen-bond acceptors (Lipinski definition) is 4. The summed E-state index contributed by atoms with van der Waals surface area (Å²) in [7, 11) is 0. The van der Waals surface area contributed by atoms with E-state index in [1.807, 2.05) is 43.5 Å². The van der Waals surface area contributed by atoms with Crippen molar-refractivity contribution in [1.29, 1.82) is 0 Å². The van der Waals surface area contributed by atoms with Crippen molar-refractivity contribution in [3.8, 4) is 0 Å². The number of rotatable bonds is 6. The molecule has 6 heteroatoms. The van der Waals surface area contributed by atoms with Crippen molar-refractivity contribution < 1.29 is 9.53 Å². The summed E-state index contributed by atoms with van der Waals surface area (Å²) in [6, 6.07) is 13.6. The number of aromatic amines is 2. The van der Waals surface area contributed by atoms with Gasteiger partial charge in [0.25, 0.3) is 5.56 Å². The molecule has 2 N–H and O–H groups in total. The number of carbonyl (C=O) groups is 1. The third-order valence-electron chi connectivity index (χ3n) is 4.86. The molecule has 0 aliphatic rings. The molecule has 6 nitrogen and oxygen atoms in total. The van der Waals surface area contributed by atoms with Crippen LogP contribution < -0.4 is 5.56 Å². The third kappa shape index (κ3) is 3.67. The molecule has 28 heavy (non-hydrogen) atoms. The summed E-state index contributed by atoms with van der Waals surface area (Å²) in [5, 5.41) is 1.72. The van der Waals surface area contributed by atoms with Crippen LogP contribution in [0.25, 0.3) is 21.8 Å². The topological polar surface area (TPSA) is 87.8 Å². The lowest BCUT2D eigenvalue weighted by molar-refractivity contribution is -0.145. The minimum Gasteiger partial charge on any atom is -0.458 e. The van der Waals surface area contributed by atoms with Crippen LogP contribution in [-0.2, 0) is 22.6 Å². The van der Waals surface area contributed by atoms with Gasteiger partial charge in [-0.3, -0.25) is 9.59 Å². The van der Waals surface area contributed by atoms with Crippen molar-refractivity contribution in [2.24, 2.45) is 0 Å². The summed E-state index contributed by atoms with van der Waals surface area (Å²) < 4.78 is 5.30. The molecule has 0 amide bonds. The molecule has 0 aliphatic heterocycles. The van der Waals surface area contributed by atoms with Crippen LogP contribution in [0.15, 0.2) is 53.5 Å². The van der Waals surface area contributed by atoms with Gasteiger partial charge in [-0.1, -0.05) is 30.3 Å². The number of nitrogens with one attached hydrogen (secondary N) is 2. The number of H-pyrrole nitrogens is 2. The number of aromatic nitrogens is 3. The van der Waals surface area contributed by atoms with E-state index in [-0.39, 0.29) is 18.1 Å². The number of aryl methyl sites for hydroxylation is 2. The summed E-state index contributed by atoms with van der Waals surface area (Å²) in [6.07, 6.45) is 3.79. The monoisotopic (exact) mass is 375 g/mol. The highest BCUT2D eigenvalue weighted by molar-refractivity contribution is 5.83. The first-order valence-electron chi connectivity index (χ1n) is 9.31. The number of ether oxygens (including phenoxy) is 1. The van der Waals surface area contributed by atoms with Crippen LogP contribution in [0.4, 0.5) is 0 Å². The van der Waals surface area contributed by atoms with Crippen LogP contribution >= 0.6 is 0 Å². The average Bonchev–Trinajstić information content (AvgIpc) is 3.10. The van der Waals surface area contributed by atoms with Gasteiger partial charge in [-0.2, -0.15) is 0 Å². The summed E-state index contributed by atoms with van der Waals surface area (Å²) in [5.41, 5.74) is 3.62. The average molecular weight is 375 g/mol. The first-order chi connectivity index (χ1) is 13.6. The zero-order valence-electron chi connectivity index (χ0n) is 15.6. The van der Waals surface area contributed by atoms with Gasteiger partial charge in [0.1, 0.15) is 12.4 Å². The SMILES string of the molecule is Cc1cccc2c(=O)[nH]c(COC(=O)CCCc3c[nH]c4ccccc34)nc12. The Kier molecular flexibility index (Phi) is 4.93. The van der Waals surface area contributed by atoms with Crippen molar-refractivity contribution in [2.45, 2.75) is 32.8 Å². The van der Waals surface area contributed by atoms with Crippen molar-refractivity contribution in [3.05, 3.63) is 76.0 Å². The molecule has 0 unspecified atom stereocenters. The van der Waals surface area contributed by atoms with Gasteiger partial charge in [-0.15, -0.1) is 0 Å². The number of fused-ring (bicyclic) bond motifs is 2. The molecule has 0 spiro atoms. The van der Waals surface area contributed by atoms with Crippen molar-refractivity contribution in [2.75, 3.05) is 0 Å². The molecule has 0 radical (unpaired) electrons. The Morgan fingerprint density at radius 2 is 1.93 bits per heavy atom. The highest BCUT2D eigenvalue weighted by Gasteiger charge is 2.10. The van der Waals surface area contributed by atoms with E-state index in [0.717, 1.165) is 17.5 Å². The van der Waals surface area contributed by atoms with Crippen LogP contribution in [0, 0.1) is 6.92 Å². The van der Waals surface area contributed by atoms with E-state index in [1.165, 1.54) is 10.9 Å². The maximum Gasteiger partial charge on any atom is 0.306 e. The zero-order chi connectivity index (χ0) is 19.5. The van der Waals surface area contributed by atoms with Gasteiger partial charge >= 0.3 is 5.97 Å². The Bertz CT molecular complexity index is 1210. The van der Waals surface area contributed by atoms with Gasteiger partial charge in [0.2, 0.25) is 0 Å². The molecule has 0 saturated heterocycles. The maximum absolute atomic E-state index is 12.2. The van der Waals surface area contributed by atoms with Crippen LogP contribution in [-0.4, -0.2) is 20.9 Å². The fraction of sp³-hybridized carbons (Fsp3) is 0.227. The van der Waals surface area contributed by atoms with Gasteiger partial charge in [-0.05, 0) is 43.0 Å². The van der Waals surface area contributed by atoms with Crippen molar-refractivity contribution in [1.82, 2.24) is 15.0 Å². The molecule has 0 aliphatic carbocycles. The molecule has 0 atom stereocenters. The second-order valence-corrected chi connectivity index (χ2v) is 6.86. The highest BCUT2D eigenvalue weighted by atomic mass is 16.5.